The molecule has 2 aliphatic heterocycles. The summed E-state index contributed by atoms with van der Waals surface area (Å²) < 4.78 is 11.4. The summed E-state index contributed by atoms with van der Waals surface area (Å²) in [4.78, 5) is 14.8. The lowest BCUT2D eigenvalue weighted by Gasteiger charge is -2.33. The second kappa shape index (κ2) is 7.35. The number of nitrogens with zero attached hydrogens (tertiary/aromatic N) is 3. The molecule has 1 atom stereocenters. The Bertz CT molecular complexity index is 710. The van der Waals surface area contributed by atoms with Crippen LogP contribution >= 0.6 is 0 Å². The van der Waals surface area contributed by atoms with Crippen molar-refractivity contribution >= 4 is 5.91 Å². The molecule has 0 aliphatic carbocycles. The molecule has 0 radical (unpaired) electrons. The van der Waals surface area contributed by atoms with E-state index in [1.165, 1.54) is 0 Å². The zero-order valence-electron chi connectivity index (χ0n) is 14.3. The summed E-state index contributed by atoms with van der Waals surface area (Å²) in [6.45, 7) is 2.21. The predicted molar refractivity (Wildman–Crippen MR) is 91.2 cm³/mol. The largest absolute Gasteiger partial charge is 0.423 e. The smallest absolute Gasteiger partial charge is 0.254 e. The molecule has 2 aromatic rings. The number of hydrogen-bond donors (Lipinski definition) is 0. The van der Waals surface area contributed by atoms with Crippen molar-refractivity contribution in [2.24, 2.45) is 0 Å². The van der Waals surface area contributed by atoms with Gasteiger partial charge in [-0.25, -0.2) is 0 Å². The molecular weight excluding hydrogens is 318 g/mol. The van der Waals surface area contributed by atoms with Gasteiger partial charge in [0.15, 0.2) is 0 Å². The van der Waals surface area contributed by atoms with Crippen LogP contribution in [-0.4, -0.2) is 40.8 Å². The minimum Gasteiger partial charge on any atom is -0.423 e. The second-order valence-electron chi connectivity index (χ2n) is 6.74. The normalized spacial score (nSPS) is 22.1. The molecule has 0 spiro atoms. The Kier molecular flexibility index (Phi) is 4.78. The minimum atomic E-state index is -0.123. The van der Waals surface area contributed by atoms with Crippen LogP contribution in [0.1, 0.15) is 66.2 Å². The van der Waals surface area contributed by atoms with Gasteiger partial charge in [0.1, 0.15) is 6.04 Å². The Morgan fingerprint density at radius 1 is 1.00 bits per heavy atom. The van der Waals surface area contributed by atoms with Crippen molar-refractivity contribution in [1.82, 2.24) is 15.1 Å². The lowest BCUT2D eigenvalue weighted by Crippen LogP contribution is -2.38. The Balaban J connectivity index is 1.55. The maximum absolute atomic E-state index is 12.9. The molecule has 1 amide bonds. The van der Waals surface area contributed by atoms with Gasteiger partial charge >= 0.3 is 0 Å². The minimum absolute atomic E-state index is 0.0381. The van der Waals surface area contributed by atoms with Gasteiger partial charge in [-0.1, -0.05) is 18.2 Å². The van der Waals surface area contributed by atoms with Gasteiger partial charge in [-0.15, -0.1) is 10.2 Å². The topological polar surface area (TPSA) is 68.5 Å². The standard InChI is InChI=1S/C19H23N3O3/c23-19(15-6-2-1-3-7-15)22-11-5-4-8-16(22)18-21-20-17(25-18)14-9-12-24-13-10-14/h1-3,6-7,14,16H,4-5,8-13H2. The van der Waals surface area contributed by atoms with Crippen molar-refractivity contribution in [2.75, 3.05) is 19.8 Å². The first-order valence-electron chi connectivity index (χ1n) is 9.10. The Labute approximate surface area is 147 Å². The van der Waals surface area contributed by atoms with Gasteiger partial charge in [0.05, 0.1) is 0 Å². The van der Waals surface area contributed by atoms with Gasteiger partial charge in [0.2, 0.25) is 11.8 Å². The number of carbonyl (C=O) groups excluding carboxylic acids is 1. The van der Waals surface area contributed by atoms with E-state index in [9.17, 15) is 4.79 Å². The number of likely N-dealkylation sites (tertiary alicyclic amines) is 1. The zero-order chi connectivity index (χ0) is 17.1. The number of ether oxygens (including phenoxy) is 1. The van der Waals surface area contributed by atoms with Gasteiger partial charge in [-0.05, 0) is 44.2 Å². The van der Waals surface area contributed by atoms with Crippen molar-refractivity contribution in [3.05, 3.63) is 47.7 Å². The predicted octanol–water partition coefficient (Wildman–Crippen LogP) is 3.33. The van der Waals surface area contributed by atoms with Crippen LogP contribution in [0.5, 0.6) is 0 Å². The lowest BCUT2D eigenvalue weighted by atomic mass is 10.00. The number of amides is 1. The summed E-state index contributed by atoms with van der Waals surface area (Å²) in [5.41, 5.74) is 0.707. The Morgan fingerprint density at radius 2 is 1.76 bits per heavy atom. The quantitative estimate of drug-likeness (QED) is 0.856. The Hall–Kier alpha value is -2.21. The van der Waals surface area contributed by atoms with E-state index in [-0.39, 0.29) is 17.9 Å². The van der Waals surface area contributed by atoms with Crippen molar-refractivity contribution in [1.29, 1.82) is 0 Å². The van der Waals surface area contributed by atoms with E-state index in [1.54, 1.807) is 0 Å². The van der Waals surface area contributed by atoms with E-state index < -0.39 is 0 Å². The van der Waals surface area contributed by atoms with Crippen molar-refractivity contribution in [2.45, 2.75) is 44.1 Å². The van der Waals surface area contributed by atoms with Crippen LogP contribution in [0.3, 0.4) is 0 Å². The first kappa shape index (κ1) is 16.3. The molecule has 25 heavy (non-hydrogen) atoms. The molecule has 132 valence electrons. The van der Waals surface area contributed by atoms with Crippen LogP contribution in [0, 0.1) is 0 Å². The van der Waals surface area contributed by atoms with Gasteiger partial charge in [0.25, 0.3) is 5.91 Å². The zero-order valence-corrected chi connectivity index (χ0v) is 14.3. The van der Waals surface area contributed by atoms with E-state index in [0.717, 1.165) is 51.9 Å². The highest BCUT2D eigenvalue weighted by Gasteiger charge is 2.33. The van der Waals surface area contributed by atoms with Crippen LogP contribution in [-0.2, 0) is 4.74 Å². The SMILES string of the molecule is O=C(c1ccccc1)N1CCCCC1c1nnc(C2CCOCC2)o1. The molecular formula is C19H23N3O3. The van der Waals surface area contributed by atoms with E-state index in [2.05, 4.69) is 10.2 Å². The monoisotopic (exact) mass is 341 g/mol. The summed E-state index contributed by atoms with van der Waals surface area (Å²) in [6, 6.07) is 9.29. The average molecular weight is 341 g/mol. The van der Waals surface area contributed by atoms with Crippen molar-refractivity contribution in [3.8, 4) is 0 Å². The fraction of sp³-hybridized carbons (Fsp3) is 0.526. The molecule has 6 heteroatoms. The second-order valence-corrected chi connectivity index (χ2v) is 6.74. The molecule has 2 fully saturated rings. The highest BCUT2D eigenvalue weighted by atomic mass is 16.5. The highest BCUT2D eigenvalue weighted by molar-refractivity contribution is 5.94. The molecule has 3 heterocycles. The summed E-state index contributed by atoms with van der Waals surface area (Å²) in [5, 5.41) is 8.56. The summed E-state index contributed by atoms with van der Waals surface area (Å²) in [6.07, 6.45) is 4.78. The van der Waals surface area contributed by atoms with E-state index >= 15 is 0 Å². The van der Waals surface area contributed by atoms with E-state index in [0.29, 0.717) is 17.3 Å². The molecule has 4 rings (SSSR count). The summed E-state index contributed by atoms with van der Waals surface area (Å²) in [5.74, 6) is 1.58. The van der Waals surface area contributed by atoms with Gasteiger partial charge < -0.3 is 14.1 Å². The number of carbonyl (C=O) groups is 1. The third kappa shape index (κ3) is 3.44. The number of rotatable bonds is 3. The summed E-state index contributed by atoms with van der Waals surface area (Å²) >= 11 is 0. The first-order valence-corrected chi connectivity index (χ1v) is 9.10. The highest BCUT2D eigenvalue weighted by Crippen LogP contribution is 2.33. The Morgan fingerprint density at radius 3 is 2.56 bits per heavy atom. The number of piperidine rings is 1. The van der Waals surface area contributed by atoms with Crippen LogP contribution in [0.25, 0.3) is 0 Å². The van der Waals surface area contributed by atoms with Crippen LogP contribution < -0.4 is 0 Å². The molecule has 6 nitrogen and oxygen atoms in total. The lowest BCUT2D eigenvalue weighted by molar-refractivity contribution is 0.0561. The van der Waals surface area contributed by atoms with Gasteiger partial charge in [0, 0.05) is 31.2 Å². The van der Waals surface area contributed by atoms with E-state index in [1.807, 2.05) is 35.2 Å². The van der Waals surface area contributed by atoms with Crippen LogP contribution in [0.15, 0.2) is 34.7 Å². The molecule has 0 bridgehead atoms. The number of benzene rings is 1. The van der Waals surface area contributed by atoms with Crippen LogP contribution in [0.2, 0.25) is 0 Å². The first-order chi connectivity index (χ1) is 12.3. The fourth-order valence-corrected chi connectivity index (χ4v) is 3.67. The number of hydrogen-bond acceptors (Lipinski definition) is 5. The third-order valence-corrected chi connectivity index (χ3v) is 5.10. The molecule has 2 saturated heterocycles. The van der Waals surface area contributed by atoms with Crippen molar-refractivity contribution in [3.63, 3.8) is 0 Å². The molecule has 0 saturated carbocycles. The molecule has 0 N–H and O–H groups in total. The van der Waals surface area contributed by atoms with E-state index in [4.69, 9.17) is 9.15 Å². The summed E-state index contributed by atoms with van der Waals surface area (Å²) in [7, 11) is 0. The van der Waals surface area contributed by atoms with Gasteiger partial charge in [-0.2, -0.15) is 0 Å². The maximum atomic E-state index is 12.9. The maximum Gasteiger partial charge on any atom is 0.254 e. The molecule has 1 aromatic carbocycles. The van der Waals surface area contributed by atoms with Gasteiger partial charge in [-0.3, -0.25) is 4.79 Å². The third-order valence-electron chi connectivity index (χ3n) is 5.10. The molecule has 1 aromatic heterocycles. The molecule has 1 unspecified atom stereocenters. The fourth-order valence-electron chi connectivity index (χ4n) is 3.67. The average Bonchev–Trinajstić information content (AvgIpc) is 3.19. The number of aromatic nitrogens is 2. The molecule has 2 aliphatic rings. The van der Waals surface area contributed by atoms with Crippen molar-refractivity contribution < 1.29 is 13.9 Å². The van der Waals surface area contributed by atoms with Crippen LogP contribution in [0.4, 0.5) is 0 Å².